The molecular weight excluding hydrogens is 230 g/mol. The first-order valence-electron chi connectivity index (χ1n) is 5.18. The minimum absolute atomic E-state index is 0.219. The molecule has 0 aliphatic heterocycles. The summed E-state index contributed by atoms with van der Waals surface area (Å²) < 4.78 is -0.220. The molecule has 1 N–H and O–H groups in total. The van der Waals surface area contributed by atoms with Crippen LogP contribution in [0.25, 0.3) is 0 Å². The maximum atomic E-state index is 11.7. The number of carbonyl (C=O) groups is 1. The third kappa shape index (κ3) is 2.25. The fourth-order valence-corrected chi connectivity index (χ4v) is 2.58. The molecule has 2 rings (SSSR count). The Hall–Kier alpha value is -0.0500. The van der Waals surface area contributed by atoms with E-state index in [9.17, 15) is 4.79 Å². The Kier molecular flexibility index (Phi) is 2.63. The van der Waals surface area contributed by atoms with Gasteiger partial charge in [0.15, 0.2) is 0 Å². The molecule has 13 heavy (non-hydrogen) atoms. The second kappa shape index (κ2) is 3.60. The molecule has 2 fully saturated rings. The molecule has 1 amide bonds. The average Bonchev–Trinajstić information content (AvgIpc) is 2.84. The molecule has 0 aromatic carbocycles. The number of rotatable bonds is 3. The van der Waals surface area contributed by atoms with Gasteiger partial charge in [0.2, 0.25) is 5.91 Å². The molecular formula is C10H16BrNO. The maximum absolute atomic E-state index is 11.7. The molecule has 0 spiro atoms. The van der Waals surface area contributed by atoms with E-state index in [1.54, 1.807) is 0 Å². The van der Waals surface area contributed by atoms with Gasteiger partial charge >= 0.3 is 0 Å². The van der Waals surface area contributed by atoms with Crippen LogP contribution in [-0.2, 0) is 4.79 Å². The monoisotopic (exact) mass is 245 g/mol. The fourth-order valence-electron chi connectivity index (χ4n) is 1.88. The normalized spacial score (nSPS) is 25.9. The average molecular weight is 246 g/mol. The van der Waals surface area contributed by atoms with Crippen LogP contribution in [0.5, 0.6) is 0 Å². The summed E-state index contributed by atoms with van der Waals surface area (Å²) in [5, 5.41) is 3.04. The maximum Gasteiger partial charge on any atom is 0.236 e. The molecule has 74 valence electrons. The van der Waals surface area contributed by atoms with Gasteiger partial charge in [-0.1, -0.05) is 28.8 Å². The van der Waals surface area contributed by atoms with Crippen molar-refractivity contribution in [3.05, 3.63) is 0 Å². The van der Waals surface area contributed by atoms with Crippen molar-refractivity contribution in [3.63, 3.8) is 0 Å². The molecule has 0 aromatic heterocycles. The van der Waals surface area contributed by atoms with Crippen LogP contribution >= 0.6 is 15.9 Å². The number of hydrogen-bond acceptors (Lipinski definition) is 1. The van der Waals surface area contributed by atoms with Crippen LogP contribution in [0.4, 0.5) is 0 Å². The van der Waals surface area contributed by atoms with Crippen molar-refractivity contribution in [1.29, 1.82) is 0 Å². The summed E-state index contributed by atoms with van der Waals surface area (Å²) in [5.41, 5.74) is 0. The minimum atomic E-state index is -0.220. The zero-order valence-electron chi connectivity index (χ0n) is 7.81. The zero-order valence-corrected chi connectivity index (χ0v) is 9.40. The Labute approximate surface area is 87.6 Å². The Balaban J connectivity index is 1.80. The number of hydrogen-bond donors (Lipinski definition) is 1. The summed E-state index contributed by atoms with van der Waals surface area (Å²) >= 11 is 3.57. The van der Waals surface area contributed by atoms with E-state index in [4.69, 9.17) is 0 Å². The van der Waals surface area contributed by atoms with Gasteiger partial charge in [0, 0.05) is 6.54 Å². The summed E-state index contributed by atoms with van der Waals surface area (Å²) in [6, 6.07) is 0. The van der Waals surface area contributed by atoms with Crippen molar-refractivity contribution < 1.29 is 4.79 Å². The van der Waals surface area contributed by atoms with Gasteiger partial charge in [0.1, 0.15) is 4.32 Å². The van der Waals surface area contributed by atoms with E-state index < -0.39 is 0 Å². The highest BCUT2D eigenvalue weighted by Crippen LogP contribution is 2.38. The van der Waals surface area contributed by atoms with Crippen molar-refractivity contribution in [2.45, 2.75) is 42.8 Å². The van der Waals surface area contributed by atoms with Gasteiger partial charge in [-0.2, -0.15) is 0 Å². The van der Waals surface area contributed by atoms with Crippen molar-refractivity contribution in [3.8, 4) is 0 Å². The topological polar surface area (TPSA) is 29.1 Å². The van der Waals surface area contributed by atoms with Crippen LogP contribution in [0, 0.1) is 5.92 Å². The van der Waals surface area contributed by atoms with Gasteiger partial charge in [0.05, 0.1) is 0 Å². The summed E-state index contributed by atoms with van der Waals surface area (Å²) in [5.74, 6) is 0.998. The van der Waals surface area contributed by atoms with Gasteiger partial charge in [-0.3, -0.25) is 4.79 Å². The predicted molar refractivity (Wildman–Crippen MR) is 55.9 cm³/mol. The summed E-state index contributed by atoms with van der Waals surface area (Å²) in [6.45, 7) is 0.895. The van der Waals surface area contributed by atoms with E-state index in [1.807, 2.05) is 0 Å². The SMILES string of the molecule is O=C(NCC1CC1)C1(Br)CCCC1. The number of nitrogens with one attached hydrogen (secondary N) is 1. The van der Waals surface area contributed by atoms with Crippen molar-refractivity contribution in [2.75, 3.05) is 6.54 Å². The molecule has 0 heterocycles. The second-order valence-corrected chi connectivity index (χ2v) is 5.84. The zero-order chi connectivity index (χ0) is 9.31. The highest BCUT2D eigenvalue weighted by atomic mass is 79.9. The Morgan fingerprint density at radius 3 is 2.54 bits per heavy atom. The third-order valence-electron chi connectivity index (χ3n) is 3.05. The van der Waals surface area contributed by atoms with E-state index in [2.05, 4.69) is 21.2 Å². The van der Waals surface area contributed by atoms with Crippen molar-refractivity contribution >= 4 is 21.8 Å². The van der Waals surface area contributed by atoms with Crippen LogP contribution in [0.1, 0.15) is 38.5 Å². The van der Waals surface area contributed by atoms with Gasteiger partial charge < -0.3 is 5.32 Å². The molecule has 2 aliphatic rings. The van der Waals surface area contributed by atoms with Crippen LogP contribution in [0.15, 0.2) is 0 Å². The number of carbonyl (C=O) groups excluding carboxylic acids is 1. The lowest BCUT2D eigenvalue weighted by molar-refractivity contribution is -0.123. The predicted octanol–water partition coefficient (Wildman–Crippen LogP) is 2.22. The van der Waals surface area contributed by atoms with E-state index in [0.717, 1.165) is 25.3 Å². The fraction of sp³-hybridized carbons (Fsp3) is 0.900. The summed E-state index contributed by atoms with van der Waals surface area (Å²) in [7, 11) is 0. The second-order valence-electron chi connectivity index (χ2n) is 4.33. The Bertz CT molecular complexity index is 207. The van der Waals surface area contributed by atoms with Crippen LogP contribution in [-0.4, -0.2) is 16.8 Å². The van der Waals surface area contributed by atoms with Crippen LogP contribution in [0.3, 0.4) is 0 Å². The lowest BCUT2D eigenvalue weighted by Crippen LogP contribution is -2.40. The smallest absolute Gasteiger partial charge is 0.236 e. The molecule has 0 bridgehead atoms. The first-order chi connectivity index (χ1) is 6.21. The lowest BCUT2D eigenvalue weighted by Gasteiger charge is -2.19. The first-order valence-corrected chi connectivity index (χ1v) is 5.97. The molecule has 2 saturated carbocycles. The molecule has 0 saturated heterocycles. The Morgan fingerprint density at radius 2 is 2.00 bits per heavy atom. The Morgan fingerprint density at radius 1 is 1.38 bits per heavy atom. The molecule has 0 atom stereocenters. The van der Waals surface area contributed by atoms with Gasteiger partial charge in [-0.05, 0) is 31.6 Å². The van der Waals surface area contributed by atoms with Gasteiger partial charge in [0.25, 0.3) is 0 Å². The molecule has 2 aliphatic carbocycles. The third-order valence-corrected chi connectivity index (χ3v) is 4.20. The van der Waals surface area contributed by atoms with E-state index in [-0.39, 0.29) is 10.2 Å². The lowest BCUT2D eigenvalue weighted by atomic mass is 10.1. The highest BCUT2D eigenvalue weighted by molar-refractivity contribution is 9.10. The summed E-state index contributed by atoms with van der Waals surface area (Å²) in [6.07, 6.45) is 6.97. The standard InChI is InChI=1S/C10H16BrNO/c11-10(5-1-2-6-10)9(13)12-7-8-3-4-8/h8H,1-7H2,(H,12,13). The summed E-state index contributed by atoms with van der Waals surface area (Å²) in [4.78, 5) is 11.7. The van der Waals surface area contributed by atoms with Crippen LogP contribution < -0.4 is 5.32 Å². The van der Waals surface area contributed by atoms with Crippen LogP contribution in [0.2, 0.25) is 0 Å². The highest BCUT2D eigenvalue weighted by Gasteiger charge is 2.38. The minimum Gasteiger partial charge on any atom is -0.355 e. The molecule has 2 nitrogen and oxygen atoms in total. The largest absolute Gasteiger partial charge is 0.355 e. The van der Waals surface area contributed by atoms with E-state index in [0.29, 0.717) is 0 Å². The van der Waals surface area contributed by atoms with E-state index in [1.165, 1.54) is 25.7 Å². The molecule has 0 radical (unpaired) electrons. The van der Waals surface area contributed by atoms with E-state index >= 15 is 0 Å². The number of amides is 1. The van der Waals surface area contributed by atoms with Gasteiger partial charge in [-0.25, -0.2) is 0 Å². The first kappa shape index (κ1) is 9.50. The quantitative estimate of drug-likeness (QED) is 0.760. The van der Waals surface area contributed by atoms with Crippen molar-refractivity contribution in [1.82, 2.24) is 5.32 Å². The van der Waals surface area contributed by atoms with Gasteiger partial charge in [-0.15, -0.1) is 0 Å². The van der Waals surface area contributed by atoms with Crippen molar-refractivity contribution in [2.24, 2.45) is 5.92 Å². The molecule has 0 unspecified atom stereocenters. The molecule has 0 aromatic rings. The molecule has 3 heteroatoms. The number of halogens is 1. The number of alkyl halides is 1.